The molecule has 3 aromatic rings. The highest BCUT2D eigenvalue weighted by molar-refractivity contribution is 5.82. The largest absolute Gasteiger partial charge is 0.308 e. The van der Waals surface area contributed by atoms with Gasteiger partial charge in [-0.05, 0) is 43.7 Å². The molecule has 0 radical (unpaired) electrons. The van der Waals surface area contributed by atoms with Crippen molar-refractivity contribution in [3.05, 3.63) is 64.8 Å². The number of fused-ring (bicyclic) bond motifs is 1. The van der Waals surface area contributed by atoms with Crippen molar-refractivity contribution in [2.75, 3.05) is 7.05 Å². The predicted molar refractivity (Wildman–Crippen MR) is 87.5 cm³/mol. The summed E-state index contributed by atoms with van der Waals surface area (Å²) in [7, 11) is 4.00. The van der Waals surface area contributed by atoms with Gasteiger partial charge in [0.25, 0.3) is 0 Å². The number of para-hydroxylation sites is 1. The molecule has 2 aromatic carbocycles. The van der Waals surface area contributed by atoms with Gasteiger partial charge in [-0.3, -0.25) is 4.68 Å². The Bertz CT molecular complexity index is 786. The molecule has 0 amide bonds. The third kappa shape index (κ3) is 2.24. The van der Waals surface area contributed by atoms with Gasteiger partial charge >= 0.3 is 0 Å². The number of aryl methyl sites for hydroxylation is 2. The molecule has 0 saturated heterocycles. The molecule has 0 bridgehead atoms. The van der Waals surface area contributed by atoms with Gasteiger partial charge in [-0.2, -0.15) is 5.10 Å². The summed E-state index contributed by atoms with van der Waals surface area (Å²) in [6.07, 6.45) is 0. The van der Waals surface area contributed by atoms with E-state index >= 15 is 0 Å². The van der Waals surface area contributed by atoms with Crippen LogP contribution in [0.25, 0.3) is 10.9 Å². The molecule has 0 aliphatic carbocycles. The highest BCUT2D eigenvalue weighted by Crippen LogP contribution is 2.30. The van der Waals surface area contributed by atoms with Crippen LogP contribution in [-0.2, 0) is 7.05 Å². The van der Waals surface area contributed by atoms with Gasteiger partial charge in [0.05, 0.1) is 17.3 Å². The lowest BCUT2D eigenvalue weighted by atomic mass is 9.94. The van der Waals surface area contributed by atoms with Gasteiger partial charge in [-0.1, -0.05) is 36.4 Å². The number of nitrogens with zero attached hydrogens (tertiary/aromatic N) is 2. The van der Waals surface area contributed by atoms with Crippen molar-refractivity contribution in [1.29, 1.82) is 0 Å². The highest BCUT2D eigenvalue weighted by Gasteiger charge is 2.21. The molecule has 0 fully saturated rings. The molecule has 1 atom stereocenters. The molecule has 21 heavy (non-hydrogen) atoms. The monoisotopic (exact) mass is 279 g/mol. The van der Waals surface area contributed by atoms with Crippen molar-refractivity contribution in [2.45, 2.75) is 19.9 Å². The first-order valence-corrected chi connectivity index (χ1v) is 7.28. The molecule has 108 valence electrons. The van der Waals surface area contributed by atoms with Crippen LogP contribution in [0.2, 0.25) is 0 Å². The van der Waals surface area contributed by atoms with Crippen molar-refractivity contribution in [1.82, 2.24) is 15.1 Å². The summed E-state index contributed by atoms with van der Waals surface area (Å²) < 4.78 is 1.96. The molecule has 3 rings (SSSR count). The van der Waals surface area contributed by atoms with E-state index in [1.54, 1.807) is 0 Å². The van der Waals surface area contributed by atoms with E-state index in [1.165, 1.54) is 22.1 Å². The van der Waals surface area contributed by atoms with E-state index in [-0.39, 0.29) is 6.04 Å². The molecule has 1 unspecified atom stereocenters. The maximum atomic E-state index is 4.76. The first-order chi connectivity index (χ1) is 10.1. The van der Waals surface area contributed by atoms with Crippen molar-refractivity contribution in [2.24, 2.45) is 7.05 Å². The Kier molecular flexibility index (Phi) is 3.52. The molecule has 1 aromatic heterocycles. The Morgan fingerprint density at radius 3 is 2.57 bits per heavy atom. The SMILES string of the molecule is CNC(c1cccc(C)c1C)c1nn(C)c2ccccc12. The van der Waals surface area contributed by atoms with Crippen LogP contribution in [0.1, 0.15) is 28.4 Å². The lowest BCUT2D eigenvalue weighted by Crippen LogP contribution is -2.20. The molecule has 0 aliphatic rings. The van der Waals surface area contributed by atoms with E-state index < -0.39 is 0 Å². The average molecular weight is 279 g/mol. The Labute approximate surface area is 125 Å². The van der Waals surface area contributed by atoms with E-state index in [9.17, 15) is 0 Å². The summed E-state index contributed by atoms with van der Waals surface area (Å²) in [6, 6.07) is 15.0. The molecule has 3 heteroatoms. The van der Waals surface area contributed by atoms with Crippen LogP contribution in [0.3, 0.4) is 0 Å². The molecule has 0 aliphatic heterocycles. The summed E-state index contributed by atoms with van der Waals surface area (Å²) in [5, 5.41) is 9.40. The summed E-state index contributed by atoms with van der Waals surface area (Å²) in [5.74, 6) is 0. The number of benzene rings is 2. The lowest BCUT2D eigenvalue weighted by molar-refractivity contribution is 0.645. The minimum absolute atomic E-state index is 0.107. The fourth-order valence-electron chi connectivity index (χ4n) is 2.98. The zero-order valence-electron chi connectivity index (χ0n) is 13.0. The van der Waals surface area contributed by atoms with Crippen LogP contribution < -0.4 is 5.32 Å². The van der Waals surface area contributed by atoms with Gasteiger partial charge in [0, 0.05) is 12.4 Å². The van der Waals surface area contributed by atoms with Crippen LogP contribution >= 0.6 is 0 Å². The topological polar surface area (TPSA) is 29.9 Å². The molecule has 3 nitrogen and oxygen atoms in total. The van der Waals surface area contributed by atoms with Crippen molar-refractivity contribution in [3.63, 3.8) is 0 Å². The van der Waals surface area contributed by atoms with Crippen LogP contribution in [0, 0.1) is 13.8 Å². The standard InChI is InChI=1S/C18H21N3/c1-12-8-7-10-14(13(12)2)17(19-3)18-15-9-5-6-11-16(15)21(4)20-18/h5-11,17,19H,1-4H3. The Morgan fingerprint density at radius 1 is 1.05 bits per heavy atom. The zero-order valence-corrected chi connectivity index (χ0v) is 13.0. The summed E-state index contributed by atoms with van der Waals surface area (Å²) >= 11 is 0. The Hall–Kier alpha value is -2.13. The quantitative estimate of drug-likeness (QED) is 0.795. The minimum Gasteiger partial charge on any atom is -0.308 e. The van der Waals surface area contributed by atoms with Gasteiger partial charge in [0.2, 0.25) is 0 Å². The Balaban J connectivity index is 2.21. The van der Waals surface area contributed by atoms with E-state index in [0.29, 0.717) is 0 Å². The van der Waals surface area contributed by atoms with Crippen LogP contribution in [-0.4, -0.2) is 16.8 Å². The molecule has 0 spiro atoms. The maximum absolute atomic E-state index is 4.76. The van der Waals surface area contributed by atoms with E-state index in [4.69, 9.17) is 5.10 Å². The fraction of sp³-hybridized carbons (Fsp3) is 0.278. The fourth-order valence-corrected chi connectivity index (χ4v) is 2.98. The van der Waals surface area contributed by atoms with Gasteiger partial charge in [0.15, 0.2) is 0 Å². The van der Waals surface area contributed by atoms with Crippen LogP contribution in [0.5, 0.6) is 0 Å². The van der Waals surface area contributed by atoms with Crippen LogP contribution in [0.15, 0.2) is 42.5 Å². The molecule has 0 saturated carbocycles. The number of hydrogen-bond donors (Lipinski definition) is 1. The van der Waals surface area contributed by atoms with E-state index in [1.807, 2.05) is 18.8 Å². The number of nitrogens with one attached hydrogen (secondary N) is 1. The first kappa shape index (κ1) is 13.8. The third-order valence-corrected chi connectivity index (χ3v) is 4.31. The second kappa shape index (κ2) is 5.34. The molecular weight excluding hydrogens is 258 g/mol. The Morgan fingerprint density at radius 2 is 1.81 bits per heavy atom. The molecule has 1 N–H and O–H groups in total. The van der Waals surface area contributed by atoms with Gasteiger partial charge in [-0.25, -0.2) is 0 Å². The van der Waals surface area contributed by atoms with E-state index in [2.05, 4.69) is 61.6 Å². The minimum atomic E-state index is 0.107. The predicted octanol–water partition coefficient (Wildman–Crippen LogP) is 3.50. The normalized spacial score (nSPS) is 12.8. The number of hydrogen-bond acceptors (Lipinski definition) is 2. The maximum Gasteiger partial charge on any atom is 0.0917 e. The highest BCUT2D eigenvalue weighted by atomic mass is 15.3. The molecule has 1 heterocycles. The first-order valence-electron chi connectivity index (χ1n) is 7.28. The second-order valence-electron chi connectivity index (χ2n) is 5.54. The zero-order chi connectivity index (χ0) is 15.0. The smallest absolute Gasteiger partial charge is 0.0917 e. The summed E-state index contributed by atoms with van der Waals surface area (Å²) in [4.78, 5) is 0. The van der Waals surface area contributed by atoms with Crippen LogP contribution in [0.4, 0.5) is 0 Å². The molecular formula is C18H21N3. The van der Waals surface area contributed by atoms with E-state index in [0.717, 1.165) is 11.2 Å². The van der Waals surface area contributed by atoms with Gasteiger partial charge < -0.3 is 5.32 Å². The van der Waals surface area contributed by atoms with Gasteiger partial charge in [-0.15, -0.1) is 0 Å². The van der Waals surface area contributed by atoms with Crippen molar-refractivity contribution < 1.29 is 0 Å². The third-order valence-electron chi connectivity index (χ3n) is 4.31. The van der Waals surface area contributed by atoms with Crippen molar-refractivity contribution in [3.8, 4) is 0 Å². The van der Waals surface area contributed by atoms with Crippen molar-refractivity contribution >= 4 is 10.9 Å². The second-order valence-corrected chi connectivity index (χ2v) is 5.54. The number of rotatable bonds is 3. The number of aromatic nitrogens is 2. The lowest BCUT2D eigenvalue weighted by Gasteiger charge is -2.18. The van der Waals surface area contributed by atoms with Gasteiger partial charge in [0.1, 0.15) is 0 Å². The summed E-state index contributed by atoms with van der Waals surface area (Å²) in [5.41, 5.74) is 6.18. The average Bonchev–Trinajstić information content (AvgIpc) is 2.82. The summed E-state index contributed by atoms with van der Waals surface area (Å²) in [6.45, 7) is 4.34.